The zero-order chi connectivity index (χ0) is 10.7. The lowest BCUT2D eigenvalue weighted by Gasteiger charge is -2.13. The van der Waals surface area contributed by atoms with Gasteiger partial charge in [0, 0.05) is 30.2 Å². The van der Waals surface area contributed by atoms with E-state index >= 15 is 0 Å². The summed E-state index contributed by atoms with van der Waals surface area (Å²) in [6, 6.07) is 2.07. The molecule has 0 atom stereocenters. The average Bonchev–Trinajstić information content (AvgIpc) is 3.02. The summed E-state index contributed by atoms with van der Waals surface area (Å²) in [7, 11) is 0. The predicted molar refractivity (Wildman–Crippen MR) is 66.2 cm³/mol. The Labute approximate surface area is 95.9 Å². The maximum absolute atomic E-state index is 4.15. The molecule has 1 aliphatic rings. The Morgan fingerprint density at radius 2 is 2.33 bits per heavy atom. The van der Waals surface area contributed by atoms with Gasteiger partial charge in [-0.2, -0.15) is 11.8 Å². The van der Waals surface area contributed by atoms with Crippen molar-refractivity contribution in [1.29, 1.82) is 0 Å². The molecule has 0 radical (unpaired) electrons. The Morgan fingerprint density at radius 3 is 2.93 bits per heavy atom. The number of hydrogen-bond donors (Lipinski definition) is 1. The molecule has 1 fully saturated rings. The first-order valence-corrected chi connectivity index (χ1v) is 6.64. The standard InChI is InChI=1S/C12H18N2S/c1-10-3-6-13-7-11(10)8-14-9-12(15-2)4-5-12/h3,6-7,14H,4-5,8-9H2,1-2H3. The van der Waals surface area contributed by atoms with Crippen LogP contribution in [0.5, 0.6) is 0 Å². The summed E-state index contributed by atoms with van der Waals surface area (Å²) in [5.41, 5.74) is 2.64. The van der Waals surface area contributed by atoms with Crippen LogP contribution in [0.1, 0.15) is 24.0 Å². The predicted octanol–water partition coefficient (Wildman–Crippen LogP) is 2.38. The molecule has 1 aromatic heterocycles. The van der Waals surface area contributed by atoms with Crippen molar-refractivity contribution in [2.75, 3.05) is 12.8 Å². The van der Waals surface area contributed by atoms with E-state index < -0.39 is 0 Å². The lowest BCUT2D eigenvalue weighted by molar-refractivity contribution is 0.659. The van der Waals surface area contributed by atoms with Crippen molar-refractivity contribution in [3.63, 3.8) is 0 Å². The van der Waals surface area contributed by atoms with Crippen LogP contribution in [0.3, 0.4) is 0 Å². The molecule has 0 aliphatic heterocycles. The van der Waals surface area contributed by atoms with Crippen LogP contribution in [-0.4, -0.2) is 22.5 Å². The third-order valence-electron chi connectivity index (χ3n) is 3.15. The summed E-state index contributed by atoms with van der Waals surface area (Å²) in [6.45, 7) is 4.21. The number of rotatable bonds is 5. The molecular weight excluding hydrogens is 204 g/mol. The van der Waals surface area contributed by atoms with Crippen LogP contribution in [0.4, 0.5) is 0 Å². The highest BCUT2D eigenvalue weighted by molar-refractivity contribution is 8.00. The summed E-state index contributed by atoms with van der Waals surface area (Å²) in [4.78, 5) is 4.15. The number of pyridine rings is 1. The van der Waals surface area contributed by atoms with Gasteiger partial charge in [-0.05, 0) is 43.2 Å². The number of hydrogen-bond acceptors (Lipinski definition) is 3. The van der Waals surface area contributed by atoms with Gasteiger partial charge in [-0.1, -0.05) is 0 Å². The lowest BCUT2D eigenvalue weighted by atomic mass is 10.1. The third kappa shape index (κ3) is 2.73. The Bertz CT molecular complexity index is 334. The Morgan fingerprint density at radius 1 is 1.53 bits per heavy atom. The monoisotopic (exact) mass is 222 g/mol. The summed E-state index contributed by atoms with van der Waals surface area (Å²) < 4.78 is 0.552. The van der Waals surface area contributed by atoms with E-state index in [0.29, 0.717) is 4.75 Å². The van der Waals surface area contributed by atoms with E-state index in [2.05, 4.69) is 29.5 Å². The summed E-state index contributed by atoms with van der Waals surface area (Å²) in [6.07, 6.45) is 8.76. The first-order chi connectivity index (χ1) is 7.26. The van der Waals surface area contributed by atoms with Gasteiger partial charge in [0.2, 0.25) is 0 Å². The van der Waals surface area contributed by atoms with Crippen LogP contribution in [0.2, 0.25) is 0 Å². The van der Waals surface area contributed by atoms with E-state index in [1.54, 1.807) is 0 Å². The zero-order valence-corrected chi connectivity index (χ0v) is 10.2. The van der Waals surface area contributed by atoms with E-state index in [4.69, 9.17) is 0 Å². The molecule has 1 N–H and O–H groups in total. The SMILES string of the molecule is CSC1(CNCc2cnccc2C)CC1. The average molecular weight is 222 g/mol. The van der Waals surface area contributed by atoms with E-state index in [-0.39, 0.29) is 0 Å². The fourth-order valence-corrected chi connectivity index (χ4v) is 2.46. The van der Waals surface area contributed by atoms with E-state index in [9.17, 15) is 0 Å². The second kappa shape index (κ2) is 4.54. The molecule has 15 heavy (non-hydrogen) atoms. The first-order valence-electron chi connectivity index (χ1n) is 5.41. The molecule has 1 saturated carbocycles. The molecule has 1 aromatic rings. The summed E-state index contributed by atoms with van der Waals surface area (Å²) in [5, 5.41) is 3.54. The molecule has 3 heteroatoms. The quantitative estimate of drug-likeness (QED) is 0.828. The van der Waals surface area contributed by atoms with Crippen LogP contribution in [-0.2, 0) is 6.54 Å². The molecule has 1 aliphatic carbocycles. The minimum absolute atomic E-state index is 0.552. The van der Waals surface area contributed by atoms with Crippen LogP contribution in [0.25, 0.3) is 0 Å². The van der Waals surface area contributed by atoms with Crippen molar-refractivity contribution >= 4 is 11.8 Å². The molecule has 0 aromatic carbocycles. The van der Waals surface area contributed by atoms with Gasteiger partial charge in [-0.3, -0.25) is 4.98 Å². The Balaban J connectivity index is 1.81. The lowest BCUT2D eigenvalue weighted by Crippen LogP contribution is -2.25. The number of nitrogens with zero attached hydrogens (tertiary/aromatic N) is 1. The molecule has 1 heterocycles. The van der Waals surface area contributed by atoms with Crippen molar-refractivity contribution in [3.8, 4) is 0 Å². The van der Waals surface area contributed by atoms with Gasteiger partial charge in [0.05, 0.1) is 0 Å². The zero-order valence-electron chi connectivity index (χ0n) is 9.42. The molecule has 0 saturated heterocycles. The first kappa shape index (κ1) is 11.0. The van der Waals surface area contributed by atoms with Gasteiger partial charge in [0.15, 0.2) is 0 Å². The Kier molecular flexibility index (Phi) is 3.32. The number of aryl methyl sites for hydroxylation is 1. The second-order valence-corrected chi connectivity index (χ2v) is 5.57. The summed E-state index contributed by atoms with van der Waals surface area (Å²) in [5.74, 6) is 0. The highest BCUT2D eigenvalue weighted by Crippen LogP contribution is 2.46. The minimum atomic E-state index is 0.552. The van der Waals surface area contributed by atoms with Gasteiger partial charge < -0.3 is 5.32 Å². The van der Waals surface area contributed by atoms with Crippen LogP contribution in [0.15, 0.2) is 18.5 Å². The fourth-order valence-electron chi connectivity index (χ4n) is 1.70. The van der Waals surface area contributed by atoms with E-state index in [1.807, 2.05) is 24.2 Å². The topological polar surface area (TPSA) is 24.9 Å². The van der Waals surface area contributed by atoms with Crippen molar-refractivity contribution in [2.45, 2.75) is 31.1 Å². The van der Waals surface area contributed by atoms with Gasteiger partial charge in [-0.15, -0.1) is 0 Å². The van der Waals surface area contributed by atoms with Gasteiger partial charge in [-0.25, -0.2) is 0 Å². The largest absolute Gasteiger partial charge is 0.311 e. The number of nitrogens with one attached hydrogen (secondary N) is 1. The van der Waals surface area contributed by atoms with Crippen LogP contribution >= 0.6 is 11.8 Å². The van der Waals surface area contributed by atoms with Gasteiger partial charge in [0.1, 0.15) is 0 Å². The van der Waals surface area contributed by atoms with Crippen molar-refractivity contribution in [3.05, 3.63) is 29.6 Å². The maximum atomic E-state index is 4.15. The molecule has 2 rings (SSSR count). The van der Waals surface area contributed by atoms with E-state index in [0.717, 1.165) is 13.1 Å². The molecule has 2 nitrogen and oxygen atoms in total. The Hall–Kier alpha value is -0.540. The highest BCUT2D eigenvalue weighted by atomic mass is 32.2. The van der Waals surface area contributed by atoms with Crippen LogP contribution < -0.4 is 5.32 Å². The third-order valence-corrected chi connectivity index (χ3v) is 4.57. The normalized spacial score (nSPS) is 17.7. The molecule has 0 bridgehead atoms. The smallest absolute Gasteiger partial charge is 0.0315 e. The molecule has 0 amide bonds. The van der Waals surface area contributed by atoms with Crippen molar-refractivity contribution in [2.24, 2.45) is 0 Å². The number of thioether (sulfide) groups is 1. The van der Waals surface area contributed by atoms with Gasteiger partial charge >= 0.3 is 0 Å². The second-order valence-electron chi connectivity index (χ2n) is 4.29. The maximum Gasteiger partial charge on any atom is 0.0315 e. The van der Waals surface area contributed by atoms with Crippen molar-refractivity contribution in [1.82, 2.24) is 10.3 Å². The van der Waals surface area contributed by atoms with E-state index in [1.165, 1.54) is 24.0 Å². The molecule has 82 valence electrons. The van der Waals surface area contributed by atoms with Crippen molar-refractivity contribution < 1.29 is 0 Å². The fraction of sp³-hybridized carbons (Fsp3) is 0.583. The van der Waals surface area contributed by atoms with Crippen LogP contribution in [0, 0.1) is 6.92 Å². The molecule has 0 spiro atoms. The molecule has 0 unspecified atom stereocenters. The number of aromatic nitrogens is 1. The highest BCUT2D eigenvalue weighted by Gasteiger charge is 2.41. The van der Waals surface area contributed by atoms with Gasteiger partial charge in [0.25, 0.3) is 0 Å². The summed E-state index contributed by atoms with van der Waals surface area (Å²) >= 11 is 2.00. The minimum Gasteiger partial charge on any atom is -0.311 e. The molecular formula is C12H18N2S.